The standard InChI is InChI=1S/C22H29N3O3/c1-27-16-15-24-11-13-25(14-12-24)20-7-5-19(6-8-20)23-22(26)17-18-3-9-21(28-2)10-4-18/h3-10H,11-17H2,1-2H3,(H,23,26). The van der Waals surface area contributed by atoms with Gasteiger partial charge in [-0.05, 0) is 42.0 Å². The van der Waals surface area contributed by atoms with Crippen LogP contribution in [0.1, 0.15) is 5.56 Å². The van der Waals surface area contributed by atoms with Crippen molar-refractivity contribution in [2.45, 2.75) is 6.42 Å². The van der Waals surface area contributed by atoms with E-state index in [9.17, 15) is 4.79 Å². The third kappa shape index (κ3) is 5.71. The lowest BCUT2D eigenvalue weighted by atomic mass is 10.1. The molecule has 28 heavy (non-hydrogen) atoms. The summed E-state index contributed by atoms with van der Waals surface area (Å²) in [6, 6.07) is 15.7. The van der Waals surface area contributed by atoms with Gasteiger partial charge in [0.05, 0.1) is 20.1 Å². The average molecular weight is 383 g/mol. The lowest BCUT2D eigenvalue weighted by molar-refractivity contribution is -0.115. The van der Waals surface area contributed by atoms with E-state index in [1.54, 1.807) is 14.2 Å². The van der Waals surface area contributed by atoms with Gasteiger partial charge in [-0.3, -0.25) is 9.69 Å². The highest BCUT2D eigenvalue weighted by Crippen LogP contribution is 2.20. The van der Waals surface area contributed by atoms with Gasteiger partial charge in [0.25, 0.3) is 0 Å². The zero-order valence-electron chi connectivity index (χ0n) is 16.7. The second kappa shape index (κ2) is 10.1. The van der Waals surface area contributed by atoms with Crippen LogP contribution < -0.4 is 15.0 Å². The van der Waals surface area contributed by atoms with E-state index in [-0.39, 0.29) is 5.91 Å². The number of hydrogen-bond acceptors (Lipinski definition) is 5. The van der Waals surface area contributed by atoms with Gasteiger partial charge in [0, 0.05) is 51.2 Å². The largest absolute Gasteiger partial charge is 0.497 e. The number of carbonyl (C=O) groups is 1. The van der Waals surface area contributed by atoms with Gasteiger partial charge in [-0.1, -0.05) is 12.1 Å². The number of methoxy groups -OCH3 is 2. The number of amides is 1. The zero-order chi connectivity index (χ0) is 19.8. The summed E-state index contributed by atoms with van der Waals surface area (Å²) < 4.78 is 10.3. The van der Waals surface area contributed by atoms with Crippen LogP contribution in [-0.4, -0.2) is 64.4 Å². The quantitative estimate of drug-likeness (QED) is 0.760. The summed E-state index contributed by atoms with van der Waals surface area (Å²) >= 11 is 0. The Morgan fingerprint density at radius 2 is 1.64 bits per heavy atom. The lowest BCUT2D eigenvalue weighted by Crippen LogP contribution is -2.47. The highest BCUT2D eigenvalue weighted by molar-refractivity contribution is 5.92. The molecule has 0 bridgehead atoms. The fourth-order valence-corrected chi connectivity index (χ4v) is 3.34. The number of carbonyl (C=O) groups excluding carboxylic acids is 1. The lowest BCUT2D eigenvalue weighted by Gasteiger charge is -2.36. The molecular weight excluding hydrogens is 354 g/mol. The molecule has 0 saturated carbocycles. The van der Waals surface area contributed by atoms with E-state index in [4.69, 9.17) is 9.47 Å². The van der Waals surface area contributed by atoms with Crippen LogP contribution in [0.4, 0.5) is 11.4 Å². The van der Waals surface area contributed by atoms with Crippen LogP contribution in [0.2, 0.25) is 0 Å². The Morgan fingerprint density at radius 3 is 2.25 bits per heavy atom. The minimum Gasteiger partial charge on any atom is -0.497 e. The van der Waals surface area contributed by atoms with Crippen LogP contribution in [0.3, 0.4) is 0 Å². The minimum atomic E-state index is -0.0234. The molecule has 1 N–H and O–H groups in total. The van der Waals surface area contributed by atoms with Crippen molar-refractivity contribution in [3.63, 3.8) is 0 Å². The van der Waals surface area contributed by atoms with Gasteiger partial charge < -0.3 is 19.7 Å². The normalized spacial score (nSPS) is 14.7. The first-order chi connectivity index (χ1) is 13.7. The van der Waals surface area contributed by atoms with E-state index < -0.39 is 0 Å². The van der Waals surface area contributed by atoms with E-state index in [1.165, 1.54) is 5.69 Å². The van der Waals surface area contributed by atoms with Gasteiger partial charge in [0.2, 0.25) is 5.91 Å². The third-order valence-electron chi connectivity index (χ3n) is 5.02. The molecule has 0 aromatic heterocycles. The molecule has 6 heteroatoms. The van der Waals surface area contributed by atoms with Crippen molar-refractivity contribution in [3.8, 4) is 5.75 Å². The Balaban J connectivity index is 1.48. The highest BCUT2D eigenvalue weighted by atomic mass is 16.5. The van der Waals surface area contributed by atoms with E-state index in [0.29, 0.717) is 6.42 Å². The molecule has 1 saturated heterocycles. The number of nitrogens with zero attached hydrogens (tertiary/aromatic N) is 2. The van der Waals surface area contributed by atoms with Crippen LogP contribution in [0.15, 0.2) is 48.5 Å². The smallest absolute Gasteiger partial charge is 0.228 e. The number of anilines is 2. The molecule has 0 radical (unpaired) electrons. The summed E-state index contributed by atoms with van der Waals surface area (Å²) in [4.78, 5) is 17.1. The van der Waals surface area contributed by atoms with Crippen LogP contribution in [0, 0.1) is 0 Å². The maximum atomic E-state index is 12.3. The monoisotopic (exact) mass is 383 g/mol. The molecule has 2 aromatic carbocycles. The molecule has 1 aliphatic heterocycles. The molecule has 0 aliphatic carbocycles. The van der Waals surface area contributed by atoms with Gasteiger partial charge >= 0.3 is 0 Å². The summed E-state index contributed by atoms with van der Waals surface area (Å²) in [7, 11) is 3.38. The van der Waals surface area contributed by atoms with E-state index in [2.05, 4.69) is 27.2 Å². The fourth-order valence-electron chi connectivity index (χ4n) is 3.34. The van der Waals surface area contributed by atoms with Crippen molar-refractivity contribution in [1.82, 2.24) is 4.90 Å². The highest BCUT2D eigenvalue weighted by Gasteiger charge is 2.16. The van der Waals surface area contributed by atoms with Crippen LogP contribution >= 0.6 is 0 Å². The van der Waals surface area contributed by atoms with Crippen molar-refractivity contribution >= 4 is 17.3 Å². The average Bonchev–Trinajstić information content (AvgIpc) is 2.74. The van der Waals surface area contributed by atoms with Crippen LogP contribution in [0.5, 0.6) is 5.75 Å². The number of rotatable bonds is 8. The van der Waals surface area contributed by atoms with E-state index >= 15 is 0 Å². The summed E-state index contributed by atoms with van der Waals surface area (Å²) in [5, 5.41) is 2.97. The fraction of sp³-hybridized carbons (Fsp3) is 0.409. The molecule has 150 valence electrons. The molecule has 1 aliphatic rings. The van der Waals surface area contributed by atoms with Gasteiger partial charge in [0.1, 0.15) is 5.75 Å². The number of piperazine rings is 1. The molecular formula is C22H29N3O3. The van der Waals surface area contributed by atoms with Gasteiger partial charge in [-0.25, -0.2) is 0 Å². The summed E-state index contributed by atoms with van der Waals surface area (Å²) in [5.41, 5.74) is 2.97. The Labute approximate surface area is 167 Å². The topological polar surface area (TPSA) is 54.0 Å². The number of ether oxygens (including phenoxy) is 2. The van der Waals surface area contributed by atoms with Crippen molar-refractivity contribution in [3.05, 3.63) is 54.1 Å². The van der Waals surface area contributed by atoms with Crippen molar-refractivity contribution in [2.24, 2.45) is 0 Å². The first-order valence-electron chi connectivity index (χ1n) is 9.67. The second-order valence-corrected chi connectivity index (χ2v) is 6.94. The van der Waals surface area contributed by atoms with Crippen LogP contribution in [-0.2, 0) is 16.0 Å². The first-order valence-corrected chi connectivity index (χ1v) is 9.67. The molecule has 0 atom stereocenters. The second-order valence-electron chi connectivity index (χ2n) is 6.94. The SMILES string of the molecule is COCCN1CCN(c2ccc(NC(=O)Cc3ccc(OC)cc3)cc2)CC1. The van der Waals surface area contributed by atoms with Crippen molar-refractivity contribution in [2.75, 3.05) is 63.8 Å². The Morgan fingerprint density at radius 1 is 0.964 bits per heavy atom. The van der Waals surface area contributed by atoms with Gasteiger partial charge in [-0.2, -0.15) is 0 Å². The molecule has 1 amide bonds. The zero-order valence-corrected chi connectivity index (χ0v) is 16.7. The molecule has 0 unspecified atom stereocenters. The summed E-state index contributed by atoms with van der Waals surface area (Å²) in [6.07, 6.45) is 0.342. The van der Waals surface area contributed by atoms with Crippen molar-refractivity contribution in [1.29, 1.82) is 0 Å². The molecule has 1 heterocycles. The number of benzene rings is 2. The number of hydrogen-bond donors (Lipinski definition) is 1. The van der Waals surface area contributed by atoms with Crippen molar-refractivity contribution < 1.29 is 14.3 Å². The first kappa shape index (κ1) is 20.2. The van der Waals surface area contributed by atoms with Crippen LogP contribution in [0.25, 0.3) is 0 Å². The predicted molar refractivity (Wildman–Crippen MR) is 112 cm³/mol. The maximum absolute atomic E-state index is 12.3. The Kier molecular flexibility index (Phi) is 7.28. The van der Waals surface area contributed by atoms with Gasteiger partial charge in [0.15, 0.2) is 0 Å². The van der Waals surface area contributed by atoms with Gasteiger partial charge in [-0.15, -0.1) is 0 Å². The minimum absolute atomic E-state index is 0.0234. The predicted octanol–water partition coefficient (Wildman–Crippen LogP) is 2.64. The molecule has 3 rings (SSSR count). The summed E-state index contributed by atoms with van der Waals surface area (Å²) in [5.74, 6) is 0.768. The molecule has 2 aromatic rings. The summed E-state index contributed by atoms with van der Waals surface area (Å²) in [6.45, 7) is 5.88. The third-order valence-corrected chi connectivity index (χ3v) is 5.02. The molecule has 1 fully saturated rings. The Hall–Kier alpha value is -2.57. The van der Waals surface area contributed by atoms with E-state index in [0.717, 1.165) is 56.3 Å². The van der Waals surface area contributed by atoms with E-state index in [1.807, 2.05) is 36.4 Å². The number of nitrogens with one attached hydrogen (secondary N) is 1. The molecule has 6 nitrogen and oxygen atoms in total. The maximum Gasteiger partial charge on any atom is 0.228 e. The molecule has 0 spiro atoms. The Bertz CT molecular complexity index is 739.